The predicted octanol–water partition coefficient (Wildman–Crippen LogP) is 4.94. The number of amides is 3. The summed E-state index contributed by atoms with van der Waals surface area (Å²) in [7, 11) is 0. The number of rotatable bonds is 7. The number of carbonyl (C=O) groups excluding carboxylic acids is 3. The minimum atomic E-state index is -1.23. The highest BCUT2D eigenvalue weighted by atomic mass is 16.6. The van der Waals surface area contributed by atoms with Crippen LogP contribution in [0.2, 0.25) is 0 Å². The van der Waals surface area contributed by atoms with Gasteiger partial charge in [0.2, 0.25) is 0 Å². The summed E-state index contributed by atoms with van der Waals surface area (Å²) in [5.41, 5.74) is 5.76. The van der Waals surface area contributed by atoms with Crippen LogP contribution in [0, 0.1) is 0 Å². The monoisotopic (exact) mass is 485 g/mol. The normalized spacial score (nSPS) is 10.1. The van der Waals surface area contributed by atoms with E-state index in [-0.39, 0.29) is 11.4 Å². The highest BCUT2D eigenvalue weighted by molar-refractivity contribution is 5.99. The lowest BCUT2D eigenvalue weighted by Gasteiger charge is -2.11. The molecule has 2 aromatic carbocycles. The fraction of sp³-hybridized carbons (Fsp3) is 0. The smallest absolute Gasteiger partial charge is 0.412 e. The van der Waals surface area contributed by atoms with Gasteiger partial charge in [0.15, 0.2) is 5.69 Å². The highest BCUT2D eigenvalue weighted by Gasteiger charge is 2.13. The summed E-state index contributed by atoms with van der Waals surface area (Å²) in [5, 5.41) is 5.47. The van der Waals surface area contributed by atoms with Crippen LogP contribution in [0.3, 0.4) is 0 Å². The Morgan fingerprint density at radius 2 is 1.33 bits per heavy atom. The second kappa shape index (κ2) is 11.1. The summed E-state index contributed by atoms with van der Waals surface area (Å²) in [6.45, 7) is 0. The third-order valence-electron chi connectivity index (χ3n) is 4.46. The number of esters is 1. The zero-order chi connectivity index (χ0) is 25.3. The standard InChI is InChI=1S/C25H19N5O6/c26-24(32)36-23(31)22-15-21(10-13-28-22)34-18-6-4-16(5-7-18)29-25(33)30-17-2-1-3-20(14-17)35-19-8-11-27-12-9-19/h1-15H,(H2,26,32)(H2,29,30,33). The Morgan fingerprint density at radius 1 is 0.694 bits per heavy atom. The largest absolute Gasteiger partial charge is 0.457 e. The third kappa shape index (κ3) is 6.78. The maximum Gasteiger partial charge on any atom is 0.412 e. The minimum Gasteiger partial charge on any atom is -0.457 e. The summed E-state index contributed by atoms with van der Waals surface area (Å²) in [6.07, 6.45) is 3.34. The molecule has 36 heavy (non-hydrogen) atoms. The van der Waals surface area contributed by atoms with Crippen molar-refractivity contribution in [2.45, 2.75) is 0 Å². The van der Waals surface area contributed by atoms with E-state index in [0.717, 1.165) is 0 Å². The molecule has 0 saturated heterocycles. The first-order valence-corrected chi connectivity index (χ1v) is 10.5. The van der Waals surface area contributed by atoms with Crippen molar-refractivity contribution >= 4 is 29.5 Å². The highest BCUT2D eigenvalue weighted by Crippen LogP contribution is 2.25. The van der Waals surface area contributed by atoms with Crippen LogP contribution in [0.4, 0.5) is 21.0 Å². The number of nitrogens with zero attached hydrogens (tertiary/aromatic N) is 2. The topological polar surface area (TPSA) is 155 Å². The van der Waals surface area contributed by atoms with E-state index >= 15 is 0 Å². The first kappa shape index (κ1) is 23.7. The third-order valence-corrected chi connectivity index (χ3v) is 4.46. The Labute approximate surface area is 204 Å². The van der Waals surface area contributed by atoms with Crippen LogP contribution in [-0.4, -0.2) is 28.1 Å². The molecule has 3 amide bonds. The van der Waals surface area contributed by atoms with Gasteiger partial charge in [0.1, 0.15) is 23.0 Å². The van der Waals surface area contributed by atoms with Crippen molar-refractivity contribution < 1.29 is 28.6 Å². The van der Waals surface area contributed by atoms with Crippen molar-refractivity contribution in [2.24, 2.45) is 5.73 Å². The van der Waals surface area contributed by atoms with Crippen LogP contribution in [0.25, 0.3) is 0 Å². The summed E-state index contributed by atoms with van der Waals surface area (Å²) >= 11 is 0. The molecule has 0 radical (unpaired) electrons. The molecule has 11 nitrogen and oxygen atoms in total. The van der Waals surface area contributed by atoms with E-state index in [4.69, 9.17) is 15.2 Å². The van der Waals surface area contributed by atoms with Crippen molar-refractivity contribution in [2.75, 3.05) is 10.6 Å². The molecular weight excluding hydrogens is 466 g/mol. The summed E-state index contributed by atoms with van der Waals surface area (Å²) in [5.74, 6) is 0.911. The van der Waals surface area contributed by atoms with E-state index in [1.807, 2.05) is 0 Å². The molecule has 0 spiro atoms. The average molecular weight is 485 g/mol. The molecule has 180 valence electrons. The van der Waals surface area contributed by atoms with Gasteiger partial charge in [-0.1, -0.05) is 6.07 Å². The van der Waals surface area contributed by atoms with E-state index in [1.165, 1.54) is 18.3 Å². The zero-order valence-electron chi connectivity index (χ0n) is 18.6. The fourth-order valence-electron chi connectivity index (χ4n) is 2.95. The van der Waals surface area contributed by atoms with Gasteiger partial charge in [-0.15, -0.1) is 0 Å². The molecule has 2 aromatic heterocycles. The second-order valence-corrected chi connectivity index (χ2v) is 7.10. The molecule has 0 saturated carbocycles. The van der Waals surface area contributed by atoms with Crippen LogP contribution >= 0.6 is 0 Å². The predicted molar refractivity (Wildman–Crippen MR) is 129 cm³/mol. The van der Waals surface area contributed by atoms with Gasteiger partial charge in [-0.3, -0.25) is 4.98 Å². The molecule has 4 rings (SSSR count). The van der Waals surface area contributed by atoms with E-state index < -0.39 is 18.1 Å². The van der Waals surface area contributed by atoms with Crippen molar-refractivity contribution in [3.8, 4) is 23.0 Å². The van der Waals surface area contributed by atoms with E-state index in [9.17, 15) is 14.4 Å². The SMILES string of the molecule is NC(=O)OC(=O)c1cc(Oc2ccc(NC(=O)Nc3cccc(Oc4ccncc4)c3)cc2)ccn1. The molecule has 2 heterocycles. The molecule has 0 fully saturated rings. The van der Waals surface area contributed by atoms with Gasteiger partial charge < -0.3 is 30.6 Å². The molecule has 0 aliphatic carbocycles. The van der Waals surface area contributed by atoms with Crippen LogP contribution in [0.1, 0.15) is 10.5 Å². The molecular formula is C25H19N5O6. The number of urea groups is 1. The summed E-state index contributed by atoms with van der Waals surface area (Å²) in [4.78, 5) is 42.6. The van der Waals surface area contributed by atoms with Gasteiger partial charge in [0.25, 0.3) is 0 Å². The van der Waals surface area contributed by atoms with E-state index in [2.05, 4.69) is 25.3 Å². The molecule has 0 unspecified atom stereocenters. The van der Waals surface area contributed by atoms with Crippen molar-refractivity contribution in [1.82, 2.24) is 9.97 Å². The zero-order valence-corrected chi connectivity index (χ0v) is 18.6. The number of pyridine rings is 2. The lowest BCUT2D eigenvalue weighted by Crippen LogP contribution is -2.19. The lowest BCUT2D eigenvalue weighted by molar-refractivity contribution is 0.0631. The molecule has 0 bridgehead atoms. The number of benzene rings is 2. The number of carbonyl (C=O) groups is 3. The Bertz CT molecular complexity index is 1380. The number of hydrogen-bond acceptors (Lipinski definition) is 8. The first-order valence-electron chi connectivity index (χ1n) is 10.5. The van der Waals surface area contributed by atoms with Crippen LogP contribution in [0.5, 0.6) is 23.0 Å². The number of nitrogens with one attached hydrogen (secondary N) is 2. The average Bonchev–Trinajstić information content (AvgIpc) is 2.86. The number of aromatic nitrogens is 2. The molecule has 0 aliphatic rings. The van der Waals surface area contributed by atoms with Gasteiger partial charge >= 0.3 is 18.1 Å². The quantitative estimate of drug-likeness (QED) is 0.246. The molecule has 4 aromatic rings. The van der Waals surface area contributed by atoms with Crippen LogP contribution < -0.4 is 25.8 Å². The van der Waals surface area contributed by atoms with Crippen LogP contribution in [-0.2, 0) is 4.74 Å². The summed E-state index contributed by atoms with van der Waals surface area (Å²) in [6, 6.07) is 19.3. The maximum absolute atomic E-state index is 12.4. The minimum absolute atomic E-state index is 0.142. The van der Waals surface area contributed by atoms with E-state index in [1.54, 1.807) is 73.1 Å². The molecule has 11 heteroatoms. The Balaban J connectivity index is 1.33. The fourth-order valence-corrected chi connectivity index (χ4v) is 2.95. The molecule has 0 atom stereocenters. The number of nitrogens with two attached hydrogens (primary N) is 1. The second-order valence-electron chi connectivity index (χ2n) is 7.10. The van der Waals surface area contributed by atoms with Gasteiger partial charge in [-0.25, -0.2) is 19.4 Å². The van der Waals surface area contributed by atoms with E-state index in [0.29, 0.717) is 28.6 Å². The first-order chi connectivity index (χ1) is 17.4. The van der Waals surface area contributed by atoms with Crippen molar-refractivity contribution in [3.05, 3.63) is 97.1 Å². The van der Waals surface area contributed by atoms with Gasteiger partial charge in [-0.2, -0.15) is 0 Å². The number of primary amides is 1. The maximum atomic E-state index is 12.4. The Hall–Kier alpha value is -5.45. The van der Waals surface area contributed by atoms with Gasteiger partial charge in [0.05, 0.1) is 0 Å². The lowest BCUT2D eigenvalue weighted by atomic mass is 10.3. The molecule has 0 aliphatic heterocycles. The number of ether oxygens (including phenoxy) is 3. The number of anilines is 2. The van der Waals surface area contributed by atoms with Crippen molar-refractivity contribution in [3.63, 3.8) is 0 Å². The van der Waals surface area contributed by atoms with Crippen LogP contribution in [0.15, 0.2) is 91.4 Å². The molecule has 4 N–H and O–H groups in total. The van der Waals surface area contributed by atoms with Crippen molar-refractivity contribution in [1.29, 1.82) is 0 Å². The van der Waals surface area contributed by atoms with Gasteiger partial charge in [0, 0.05) is 42.1 Å². The Kier molecular flexibility index (Phi) is 7.32. The Morgan fingerprint density at radius 3 is 2.06 bits per heavy atom. The summed E-state index contributed by atoms with van der Waals surface area (Å²) < 4.78 is 15.7. The number of hydrogen-bond donors (Lipinski definition) is 3. The van der Waals surface area contributed by atoms with Gasteiger partial charge in [-0.05, 0) is 54.6 Å².